The number of ether oxygens (including phenoxy) is 2. The van der Waals surface area contributed by atoms with Gasteiger partial charge in [0.1, 0.15) is 0 Å². The second-order valence-electron chi connectivity index (χ2n) is 6.75. The van der Waals surface area contributed by atoms with Gasteiger partial charge in [0.25, 0.3) is 0 Å². The van der Waals surface area contributed by atoms with Gasteiger partial charge in [0.05, 0.1) is 11.8 Å². The van der Waals surface area contributed by atoms with Gasteiger partial charge in [-0.05, 0) is 46.7 Å². The molecule has 1 saturated heterocycles. The van der Waals surface area contributed by atoms with Crippen LogP contribution in [0.15, 0.2) is 48.5 Å². The van der Waals surface area contributed by atoms with E-state index < -0.39 is 6.10 Å². The average molecular weight is 365 g/mol. The van der Waals surface area contributed by atoms with Crippen molar-refractivity contribution in [1.29, 1.82) is 0 Å². The Balaban J connectivity index is 1.36. The monoisotopic (exact) mass is 365 g/mol. The molecular formula is C19H19N5O3. The van der Waals surface area contributed by atoms with Gasteiger partial charge in [-0.3, -0.25) is 0 Å². The number of hydrogen-bond donors (Lipinski definition) is 1. The molecule has 27 heavy (non-hydrogen) atoms. The van der Waals surface area contributed by atoms with Crippen LogP contribution in [-0.2, 0) is 0 Å². The van der Waals surface area contributed by atoms with Crippen LogP contribution in [0.3, 0.4) is 0 Å². The van der Waals surface area contributed by atoms with Crippen molar-refractivity contribution >= 4 is 5.95 Å². The lowest BCUT2D eigenvalue weighted by molar-refractivity contribution is 0.129. The minimum absolute atomic E-state index is 0.0387. The van der Waals surface area contributed by atoms with E-state index in [-0.39, 0.29) is 12.7 Å². The van der Waals surface area contributed by atoms with Gasteiger partial charge in [0, 0.05) is 19.0 Å². The van der Waals surface area contributed by atoms with E-state index >= 15 is 0 Å². The Morgan fingerprint density at radius 2 is 1.89 bits per heavy atom. The van der Waals surface area contributed by atoms with Crippen LogP contribution < -0.4 is 14.4 Å². The van der Waals surface area contributed by atoms with E-state index in [1.807, 2.05) is 53.4 Å². The number of rotatable bonds is 3. The molecule has 0 bridgehead atoms. The molecule has 5 rings (SSSR count). The lowest BCUT2D eigenvalue weighted by Gasteiger charge is -2.36. The molecule has 0 saturated carbocycles. The Morgan fingerprint density at radius 3 is 2.74 bits per heavy atom. The zero-order valence-corrected chi connectivity index (χ0v) is 14.6. The van der Waals surface area contributed by atoms with E-state index in [0.717, 1.165) is 35.7 Å². The third-order valence-electron chi connectivity index (χ3n) is 5.14. The Morgan fingerprint density at radius 1 is 1.04 bits per heavy atom. The number of tetrazole rings is 1. The highest BCUT2D eigenvalue weighted by molar-refractivity contribution is 5.47. The first-order chi connectivity index (χ1) is 13.3. The lowest BCUT2D eigenvalue weighted by Crippen LogP contribution is -2.44. The SMILES string of the molecule is O[C@@H]1CN(c2nnnn2-c2ccccc2)CC[C@H]1c1ccc2c(c1)OCO2. The minimum Gasteiger partial charge on any atom is -0.454 e. The molecule has 2 atom stereocenters. The Hall–Kier alpha value is -3.13. The van der Waals surface area contributed by atoms with Crippen molar-refractivity contribution in [2.45, 2.75) is 18.4 Å². The summed E-state index contributed by atoms with van der Waals surface area (Å²) in [5.74, 6) is 2.18. The highest BCUT2D eigenvalue weighted by atomic mass is 16.7. The number of β-amino-alcohol motifs (C(OH)–C–C–N with tert-alkyl or cyclic N) is 1. The second-order valence-corrected chi connectivity index (χ2v) is 6.75. The molecule has 3 heterocycles. The van der Waals surface area contributed by atoms with Crippen molar-refractivity contribution in [2.24, 2.45) is 0 Å². The molecule has 0 aliphatic carbocycles. The maximum absolute atomic E-state index is 10.8. The first kappa shape index (κ1) is 16.1. The summed E-state index contributed by atoms with van der Waals surface area (Å²) in [6, 6.07) is 15.6. The minimum atomic E-state index is -0.528. The number of piperidine rings is 1. The Labute approximate surface area is 155 Å². The van der Waals surface area contributed by atoms with E-state index in [1.54, 1.807) is 4.68 Å². The maximum atomic E-state index is 10.8. The fraction of sp³-hybridized carbons (Fsp3) is 0.316. The number of aromatic nitrogens is 4. The summed E-state index contributed by atoms with van der Waals surface area (Å²) in [4.78, 5) is 2.03. The third-order valence-corrected chi connectivity index (χ3v) is 5.14. The number of para-hydroxylation sites is 1. The molecule has 2 aromatic carbocycles. The van der Waals surface area contributed by atoms with Gasteiger partial charge in [-0.2, -0.15) is 4.68 Å². The molecule has 0 radical (unpaired) electrons. The van der Waals surface area contributed by atoms with E-state index in [1.165, 1.54) is 0 Å². The number of anilines is 1. The topological polar surface area (TPSA) is 85.5 Å². The first-order valence-corrected chi connectivity index (χ1v) is 8.96. The lowest BCUT2D eigenvalue weighted by atomic mass is 9.87. The van der Waals surface area contributed by atoms with Gasteiger partial charge < -0.3 is 19.5 Å². The quantitative estimate of drug-likeness (QED) is 0.757. The number of aliphatic hydroxyl groups is 1. The maximum Gasteiger partial charge on any atom is 0.250 e. The second kappa shape index (κ2) is 6.55. The summed E-state index contributed by atoms with van der Waals surface area (Å²) in [5.41, 5.74) is 1.96. The molecule has 0 unspecified atom stereocenters. The molecule has 0 amide bonds. The van der Waals surface area contributed by atoms with Crippen LogP contribution in [-0.4, -0.2) is 51.3 Å². The van der Waals surface area contributed by atoms with Gasteiger partial charge in [-0.1, -0.05) is 29.4 Å². The summed E-state index contributed by atoms with van der Waals surface area (Å²) in [7, 11) is 0. The Bertz CT molecular complexity index is 946. The van der Waals surface area contributed by atoms with E-state index in [2.05, 4.69) is 15.5 Å². The van der Waals surface area contributed by atoms with E-state index in [4.69, 9.17) is 9.47 Å². The highest BCUT2D eigenvalue weighted by Crippen LogP contribution is 2.38. The van der Waals surface area contributed by atoms with Crippen LogP contribution >= 0.6 is 0 Å². The molecule has 0 spiro atoms. The molecule has 1 N–H and O–H groups in total. The normalized spacial score (nSPS) is 21.4. The fourth-order valence-corrected chi connectivity index (χ4v) is 3.76. The van der Waals surface area contributed by atoms with E-state index in [0.29, 0.717) is 12.5 Å². The molecule has 138 valence electrons. The number of aliphatic hydroxyl groups excluding tert-OH is 1. The molecule has 2 aliphatic rings. The van der Waals surface area contributed by atoms with Crippen molar-refractivity contribution in [3.05, 3.63) is 54.1 Å². The standard InChI is InChI=1S/C19H19N5O3/c25-16-11-23(19-20-21-22-24(19)14-4-2-1-3-5-14)9-8-15(16)13-6-7-17-18(10-13)27-12-26-17/h1-7,10,15-16,25H,8-9,11-12H2/t15-,16+/m0/s1. The van der Waals surface area contributed by atoms with Gasteiger partial charge >= 0.3 is 0 Å². The van der Waals surface area contributed by atoms with Crippen molar-refractivity contribution in [1.82, 2.24) is 20.2 Å². The van der Waals surface area contributed by atoms with Gasteiger partial charge in [0.2, 0.25) is 12.7 Å². The largest absolute Gasteiger partial charge is 0.454 e. The molecule has 8 heteroatoms. The summed E-state index contributed by atoms with van der Waals surface area (Å²) >= 11 is 0. The summed E-state index contributed by atoms with van der Waals surface area (Å²) in [6.45, 7) is 1.47. The Kier molecular flexibility index (Phi) is 3.90. The van der Waals surface area contributed by atoms with Crippen molar-refractivity contribution in [3.63, 3.8) is 0 Å². The number of fused-ring (bicyclic) bond motifs is 1. The summed E-state index contributed by atoms with van der Waals surface area (Å²) < 4.78 is 12.5. The van der Waals surface area contributed by atoms with E-state index in [9.17, 15) is 5.11 Å². The summed E-state index contributed by atoms with van der Waals surface area (Å²) in [5, 5.41) is 22.9. The van der Waals surface area contributed by atoms with Crippen molar-refractivity contribution < 1.29 is 14.6 Å². The number of benzene rings is 2. The predicted molar refractivity (Wildman–Crippen MR) is 97.3 cm³/mol. The number of hydrogen-bond acceptors (Lipinski definition) is 7. The van der Waals surface area contributed by atoms with Crippen LogP contribution in [0.1, 0.15) is 17.9 Å². The van der Waals surface area contributed by atoms with Crippen LogP contribution in [0.5, 0.6) is 11.5 Å². The third kappa shape index (κ3) is 2.87. The first-order valence-electron chi connectivity index (χ1n) is 8.96. The molecule has 1 fully saturated rings. The van der Waals surface area contributed by atoms with Gasteiger partial charge in [-0.25, -0.2) is 0 Å². The van der Waals surface area contributed by atoms with Crippen molar-refractivity contribution in [2.75, 3.05) is 24.8 Å². The molecule has 3 aromatic rings. The van der Waals surface area contributed by atoms with Crippen LogP contribution in [0.4, 0.5) is 5.95 Å². The van der Waals surface area contributed by atoms with Crippen LogP contribution in [0.2, 0.25) is 0 Å². The molecule has 1 aromatic heterocycles. The zero-order valence-electron chi connectivity index (χ0n) is 14.6. The van der Waals surface area contributed by atoms with Gasteiger partial charge in [0.15, 0.2) is 11.5 Å². The van der Waals surface area contributed by atoms with Crippen molar-refractivity contribution in [3.8, 4) is 17.2 Å². The highest BCUT2D eigenvalue weighted by Gasteiger charge is 2.32. The zero-order chi connectivity index (χ0) is 18.2. The molecular weight excluding hydrogens is 346 g/mol. The van der Waals surface area contributed by atoms with Crippen LogP contribution in [0, 0.1) is 0 Å². The van der Waals surface area contributed by atoms with Gasteiger partial charge in [-0.15, -0.1) is 0 Å². The smallest absolute Gasteiger partial charge is 0.250 e. The fourth-order valence-electron chi connectivity index (χ4n) is 3.76. The predicted octanol–water partition coefficient (Wildman–Crippen LogP) is 1.75. The summed E-state index contributed by atoms with van der Waals surface area (Å²) in [6.07, 6.45) is 0.266. The number of nitrogens with zero attached hydrogens (tertiary/aromatic N) is 5. The molecule has 8 nitrogen and oxygen atoms in total. The molecule has 2 aliphatic heterocycles. The average Bonchev–Trinajstić information content (AvgIpc) is 3.37. The van der Waals surface area contributed by atoms with Crippen LogP contribution in [0.25, 0.3) is 5.69 Å².